The zero-order chi connectivity index (χ0) is 19.4. The number of imide groups is 1. The summed E-state index contributed by atoms with van der Waals surface area (Å²) in [4.78, 5) is 58.7. The van der Waals surface area contributed by atoms with E-state index in [1.807, 2.05) is 13.8 Å². The third-order valence-electron chi connectivity index (χ3n) is 3.53. The number of benzene rings is 1. The number of nitro benzene ring substituents is 1. The number of ether oxygens (including phenoxy) is 1. The Hall–Kier alpha value is -3.30. The van der Waals surface area contributed by atoms with Crippen LogP contribution in [-0.2, 0) is 14.3 Å². The van der Waals surface area contributed by atoms with E-state index in [-0.39, 0.29) is 17.0 Å². The average molecular weight is 363 g/mol. The minimum Gasteiger partial charge on any atom is -0.454 e. The molecule has 0 saturated carbocycles. The maximum absolute atomic E-state index is 12.3. The molecule has 10 heteroatoms. The van der Waals surface area contributed by atoms with Crippen LogP contribution in [0, 0.1) is 16.0 Å². The maximum Gasteiger partial charge on any atom is 0.326 e. The molecule has 0 aliphatic carbocycles. The summed E-state index contributed by atoms with van der Waals surface area (Å²) in [6, 6.07) is 3.65. The van der Waals surface area contributed by atoms with Crippen LogP contribution in [0.2, 0.25) is 0 Å². The molecule has 138 valence electrons. The van der Waals surface area contributed by atoms with Gasteiger partial charge in [-0.1, -0.05) is 19.9 Å². The Balaban J connectivity index is 2.00. The first kappa shape index (κ1) is 19.0. The molecule has 0 fully saturated rings. The van der Waals surface area contributed by atoms with Crippen molar-refractivity contribution in [2.45, 2.75) is 13.8 Å². The van der Waals surface area contributed by atoms with Gasteiger partial charge in [-0.05, 0) is 12.0 Å². The Bertz CT molecular complexity index is 788. The molecular weight excluding hydrogens is 346 g/mol. The Morgan fingerprint density at radius 1 is 1.27 bits per heavy atom. The van der Waals surface area contributed by atoms with Gasteiger partial charge in [0.1, 0.15) is 12.1 Å². The van der Waals surface area contributed by atoms with Crippen LogP contribution in [0.4, 0.5) is 5.69 Å². The van der Waals surface area contributed by atoms with Crippen molar-refractivity contribution >= 4 is 29.4 Å². The summed E-state index contributed by atoms with van der Waals surface area (Å²) in [6.45, 7) is 2.93. The van der Waals surface area contributed by atoms with Gasteiger partial charge in [0.15, 0.2) is 6.61 Å². The molecule has 2 rings (SSSR count). The van der Waals surface area contributed by atoms with Gasteiger partial charge in [-0.25, -0.2) is 0 Å². The Kier molecular flexibility index (Phi) is 5.65. The first-order valence-corrected chi connectivity index (χ1v) is 7.78. The van der Waals surface area contributed by atoms with Gasteiger partial charge in [0.05, 0.1) is 10.5 Å². The molecule has 0 unspecified atom stereocenters. The molecule has 0 bridgehead atoms. The maximum atomic E-state index is 12.3. The topological polar surface area (TPSA) is 136 Å². The summed E-state index contributed by atoms with van der Waals surface area (Å²) in [7, 11) is 0. The summed E-state index contributed by atoms with van der Waals surface area (Å²) in [6.07, 6.45) is 0. The number of hydrogen-bond donors (Lipinski definition) is 1. The van der Waals surface area contributed by atoms with Gasteiger partial charge in [-0.3, -0.25) is 34.2 Å². The minimum absolute atomic E-state index is 0.147. The van der Waals surface area contributed by atoms with Crippen molar-refractivity contribution in [3.63, 3.8) is 0 Å². The second-order valence-electron chi connectivity index (χ2n) is 6.01. The zero-order valence-electron chi connectivity index (χ0n) is 14.2. The predicted octanol–water partition coefficient (Wildman–Crippen LogP) is 0.506. The fourth-order valence-electron chi connectivity index (χ4n) is 2.30. The Labute approximate surface area is 148 Å². The fraction of sp³-hybridized carbons (Fsp3) is 0.375. The van der Waals surface area contributed by atoms with Crippen LogP contribution in [0.5, 0.6) is 0 Å². The van der Waals surface area contributed by atoms with E-state index in [9.17, 15) is 29.3 Å². The van der Waals surface area contributed by atoms with E-state index in [4.69, 9.17) is 4.74 Å². The Morgan fingerprint density at radius 2 is 1.96 bits per heavy atom. The highest BCUT2D eigenvalue weighted by Crippen LogP contribution is 2.30. The fourth-order valence-corrected chi connectivity index (χ4v) is 2.30. The van der Waals surface area contributed by atoms with E-state index in [0.29, 0.717) is 11.4 Å². The van der Waals surface area contributed by atoms with E-state index in [0.717, 1.165) is 6.07 Å². The van der Waals surface area contributed by atoms with Crippen molar-refractivity contribution in [1.29, 1.82) is 0 Å². The average Bonchev–Trinajstić information content (AvgIpc) is 2.83. The number of nitrogens with zero attached hydrogens (tertiary/aromatic N) is 2. The van der Waals surface area contributed by atoms with Gasteiger partial charge < -0.3 is 10.1 Å². The van der Waals surface area contributed by atoms with E-state index in [1.165, 1.54) is 12.1 Å². The van der Waals surface area contributed by atoms with Crippen LogP contribution in [0.25, 0.3) is 0 Å². The lowest BCUT2D eigenvalue weighted by molar-refractivity contribution is -0.385. The lowest BCUT2D eigenvalue weighted by Crippen LogP contribution is -2.37. The first-order valence-electron chi connectivity index (χ1n) is 7.78. The van der Waals surface area contributed by atoms with Crippen molar-refractivity contribution in [3.8, 4) is 0 Å². The number of rotatable bonds is 7. The molecule has 1 aliphatic rings. The Morgan fingerprint density at radius 3 is 2.58 bits per heavy atom. The van der Waals surface area contributed by atoms with Crippen LogP contribution in [-0.4, -0.2) is 53.2 Å². The minimum atomic E-state index is -0.971. The number of carbonyl (C=O) groups is 4. The number of carbonyl (C=O) groups excluding carboxylic acids is 4. The van der Waals surface area contributed by atoms with E-state index in [2.05, 4.69) is 5.32 Å². The summed E-state index contributed by atoms with van der Waals surface area (Å²) in [5, 5.41) is 13.6. The quantitative estimate of drug-likeness (QED) is 0.322. The molecule has 0 aromatic heterocycles. The SMILES string of the molecule is CC(C)CNC(=O)COC(=O)CN1C(=O)c2cccc([N+](=O)[O-])c2C1=O. The van der Waals surface area contributed by atoms with Crippen molar-refractivity contribution in [1.82, 2.24) is 10.2 Å². The number of hydrogen-bond acceptors (Lipinski definition) is 7. The highest BCUT2D eigenvalue weighted by molar-refractivity contribution is 6.24. The number of nitro groups is 1. The smallest absolute Gasteiger partial charge is 0.326 e. The van der Waals surface area contributed by atoms with Crippen LogP contribution in [0.1, 0.15) is 34.6 Å². The molecule has 1 aliphatic heterocycles. The van der Waals surface area contributed by atoms with Crippen molar-refractivity contribution in [2.75, 3.05) is 19.7 Å². The van der Waals surface area contributed by atoms with Crippen molar-refractivity contribution in [2.24, 2.45) is 5.92 Å². The highest BCUT2D eigenvalue weighted by atomic mass is 16.6. The summed E-state index contributed by atoms with van der Waals surface area (Å²) in [5.41, 5.74) is -1.01. The van der Waals surface area contributed by atoms with E-state index < -0.39 is 47.5 Å². The molecule has 0 spiro atoms. The van der Waals surface area contributed by atoms with E-state index in [1.54, 1.807) is 0 Å². The molecule has 1 aromatic carbocycles. The molecule has 0 radical (unpaired) electrons. The van der Waals surface area contributed by atoms with E-state index >= 15 is 0 Å². The highest BCUT2D eigenvalue weighted by Gasteiger charge is 2.41. The summed E-state index contributed by atoms with van der Waals surface area (Å²) >= 11 is 0. The van der Waals surface area contributed by atoms with Crippen LogP contribution >= 0.6 is 0 Å². The molecule has 3 amide bonds. The zero-order valence-corrected chi connectivity index (χ0v) is 14.2. The predicted molar refractivity (Wildman–Crippen MR) is 87.3 cm³/mol. The van der Waals surface area contributed by atoms with Crippen LogP contribution in [0.3, 0.4) is 0 Å². The standard InChI is InChI=1S/C16H17N3O7/c1-9(2)6-17-12(20)8-26-13(21)7-18-15(22)10-4-3-5-11(19(24)25)14(10)16(18)23/h3-5,9H,6-8H2,1-2H3,(H,17,20). The third kappa shape index (κ3) is 4.02. The number of nitrogens with one attached hydrogen (secondary N) is 1. The summed E-state index contributed by atoms with van der Waals surface area (Å²) < 4.78 is 4.74. The number of esters is 1. The molecule has 10 nitrogen and oxygen atoms in total. The molecule has 26 heavy (non-hydrogen) atoms. The summed E-state index contributed by atoms with van der Waals surface area (Å²) in [5.74, 6) is -3.02. The van der Waals surface area contributed by atoms with Crippen molar-refractivity contribution < 1.29 is 28.8 Å². The molecular formula is C16H17N3O7. The number of amides is 3. The molecule has 0 atom stereocenters. The molecule has 0 saturated heterocycles. The van der Waals surface area contributed by atoms with Gasteiger partial charge in [0.25, 0.3) is 23.4 Å². The normalized spacial score (nSPS) is 13.0. The monoisotopic (exact) mass is 363 g/mol. The van der Waals surface area contributed by atoms with Crippen LogP contribution in [0.15, 0.2) is 18.2 Å². The van der Waals surface area contributed by atoms with Gasteiger partial charge in [-0.15, -0.1) is 0 Å². The van der Waals surface area contributed by atoms with Gasteiger partial charge in [0.2, 0.25) is 0 Å². The molecule has 1 aromatic rings. The van der Waals surface area contributed by atoms with Crippen molar-refractivity contribution in [3.05, 3.63) is 39.4 Å². The first-order chi connectivity index (χ1) is 12.2. The van der Waals surface area contributed by atoms with Gasteiger partial charge in [0, 0.05) is 12.6 Å². The largest absolute Gasteiger partial charge is 0.454 e. The molecule has 1 heterocycles. The van der Waals surface area contributed by atoms with Crippen LogP contribution < -0.4 is 5.32 Å². The lowest BCUT2D eigenvalue weighted by atomic mass is 10.1. The lowest BCUT2D eigenvalue weighted by Gasteiger charge is -2.13. The number of fused-ring (bicyclic) bond motifs is 1. The van der Waals surface area contributed by atoms with Gasteiger partial charge >= 0.3 is 5.97 Å². The molecule has 1 N–H and O–H groups in total. The second-order valence-corrected chi connectivity index (χ2v) is 6.01. The van der Waals surface area contributed by atoms with Gasteiger partial charge in [-0.2, -0.15) is 0 Å². The second kappa shape index (κ2) is 7.72. The third-order valence-corrected chi connectivity index (χ3v) is 3.53.